The zero-order valence-corrected chi connectivity index (χ0v) is 14.6. The molecule has 0 atom stereocenters. The number of ether oxygens (including phenoxy) is 1. The molecule has 26 heavy (non-hydrogen) atoms. The number of carbonyl (C=O) groups is 1. The molecule has 0 unspecified atom stereocenters. The lowest BCUT2D eigenvalue weighted by Crippen LogP contribution is -2.22. The van der Waals surface area contributed by atoms with Crippen molar-refractivity contribution in [3.63, 3.8) is 0 Å². The third-order valence-corrected chi connectivity index (χ3v) is 4.29. The Kier molecular flexibility index (Phi) is 5.55. The Morgan fingerprint density at radius 2 is 2.00 bits per heavy atom. The highest BCUT2D eigenvalue weighted by Gasteiger charge is 2.08. The van der Waals surface area contributed by atoms with Crippen LogP contribution in [0.15, 0.2) is 59.5 Å². The van der Waals surface area contributed by atoms with Crippen molar-refractivity contribution >= 4 is 28.3 Å². The fraction of sp³-hybridized carbons (Fsp3) is 0.158. The quantitative estimate of drug-likeness (QED) is 0.395. The molecule has 134 valence electrons. The Balaban J connectivity index is 1.72. The lowest BCUT2D eigenvalue weighted by molar-refractivity contribution is 0.0706. The molecule has 0 bridgehead atoms. The largest absolute Gasteiger partial charge is 0.492 e. The number of nitrogens with zero attached hydrogens (tertiary/aromatic N) is 1. The maximum atomic E-state index is 12.6. The van der Waals surface area contributed by atoms with Crippen LogP contribution in [0.1, 0.15) is 16.8 Å². The number of halogens is 1. The molecule has 3 rings (SSSR count). The summed E-state index contributed by atoms with van der Waals surface area (Å²) in [5.41, 5.74) is 1.59. The molecule has 0 aliphatic heterocycles. The number of hydrogen-bond donors (Lipinski definition) is 2. The number of nitrogens with one attached hydrogen (secondary N) is 1. The number of para-hydroxylation sites is 1. The van der Waals surface area contributed by atoms with Gasteiger partial charge in [0.2, 0.25) is 0 Å². The second-order valence-corrected chi connectivity index (χ2v) is 6.10. The summed E-state index contributed by atoms with van der Waals surface area (Å²) in [7, 11) is 0. The van der Waals surface area contributed by atoms with E-state index >= 15 is 0 Å². The Hall–Kier alpha value is -2.83. The first-order valence-electron chi connectivity index (χ1n) is 8.05. The highest BCUT2D eigenvalue weighted by Crippen LogP contribution is 2.23. The van der Waals surface area contributed by atoms with E-state index in [1.807, 2.05) is 18.2 Å². The topological polar surface area (TPSA) is 80.6 Å². The second kappa shape index (κ2) is 8.03. The van der Waals surface area contributed by atoms with E-state index in [2.05, 4.69) is 0 Å². The molecule has 0 saturated carbocycles. The summed E-state index contributed by atoms with van der Waals surface area (Å²) in [6.45, 7) is 0.886. The van der Waals surface area contributed by atoms with Gasteiger partial charge < -0.3 is 9.30 Å². The van der Waals surface area contributed by atoms with Crippen LogP contribution < -0.4 is 15.8 Å². The normalized spacial score (nSPS) is 10.7. The molecule has 0 spiro atoms. The number of fused-ring (bicyclic) bond motifs is 1. The molecular formula is C19H17ClN2O4. The molecule has 2 aromatic carbocycles. The van der Waals surface area contributed by atoms with Crippen LogP contribution in [0, 0.1) is 0 Å². The van der Waals surface area contributed by atoms with Crippen molar-refractivity contribution in [1.29, 1.82) is 0 Å². The molecule has 0 radical (unpaired) electrons. The van der Waals surface area contributed by atoms with Crippen molar-refractivity contribution < 1.29 is 14.7 Å². The molecule has 0 aliphatic carbocycles. The van der Waals surface area contributed by atoms with Crippen molar-refractivity contribution in [2.24, 2.45) is 0 Å². The zero-order valence-electron chi connectivity index (χ0n) is 13.8. The van der Waals surface area contributed by atoms with E-state index in [0.29, 0.717) is 35.7 Å². The van der Waals surface area contributed by atoms with Crippen LogP contribution in [0.25, 0.3) is 10.8 Å². The Labute approximate surface area is 154 Å². The van der Waals surface area contributed by atoms with E-state index < -0.39 is 5.91 Å². The van der Waals surface area contributed by atoms with Crippen LogP contribution in [0.5, 0.6) is 5.75 Å². The zero-order chi connectivity index (χ0) is 18.5. The lowest BCUT2D eigenvalue weighted by atomic mass is 10.1. The second-order valence-electron chi connectivity index (χ2n) is 5.69. The maximum absolute atomic E-state index is 12.6. The first-order chi connectivity index (χ1) is 12.6. The number of hydroxylamine groups is 1. The van der Waals surface area contributed by atoms with E-state index in [1.54, 1.807) is 40.5 Å². The summed E-state index contributed by atoms with van der Waals surface area (Å²) < 4.78 is 7.19. The van der Waals surface area contributed by atoms with Gasteiger partial charge >= 0.3 is 0 Å². The summed E-state index contributed by atoms with van der Waals surface area (Å²) >= 11 is 6.03. The van der Waals surface area contributed by atoms with Crippen LogP contribution >= 0.6 is 11.6 Å². The van der Waals surface area contributed by atoms with Gasteiger partial charge in [-0.25, -0.2) is 5.48 Å². The smallest absolute Gasteiger partial charge is 0.274 e. The van der Waals surface area contributed by atoms with Crippen LogP contribution in [-0.2, 0) is 6.54 Å². The number of amides is 1. The third-order valence-electron chi connectivity index (χ3n) is 3.98. The highest BCUT2D eigenvalue weighted by molar-refractivity contribution is 6.32. The van der Waals surface area contributed by atoms with Crippen molar-refractivity contribution in [3.8, 4) is 5.75 Å². The number of benzene rings is 2. The van der Waals surface area contributed by atoms with Gasteiger partial charge in [0.05, 0.1) is 11.6 Å². The molecular weight excluding hydrogens is 356 g/mol. The van der Waals surface area contributed by atoms with E-state index in [1.165, 1.54) is 6.07 Å². The van der Waals surface area contributed by atoms with Gasteiger partial charge in [-0.3, -0.25) is 14.8 Å². The molecule has 0 fully saturated rings. The third kappa shape index (κ3) is 3.87. The molecule has 3 aromatic rings. The van der Waals surface area contributed by atoms with Gasteiger partial charge in [0.25, 0.3) is 11.5 Å². The maximum Gasteiger partial charge on any atom is 0.274 e. The van der Waals surface area contributed by atoms with Gasteiger partial charge in [-0.1, -0.05) is 29.8 Å². The monoisotopic (exact) mass is 372 g/mol. The lowest BCUT2D eigenvalue weighted by Gasteiger charge is -2.10. The van der Waals surface area contributed by atoms with Gasteiger partial charge in [0.15, 0.2) is 0 Å². The number of aromatic nitrogens is 1. The SMILES string of the molecule is O=C(NO)c1ccc2ccn(CCCOc3ccccc3Cl)c(=O)c2c1. The molecule has 1 aromatic heterocycles. The summed E-state index contributed by atoms with van der Waals surface area (Å²) in [5, 5.41) is 10.4. The molecule has 0 aliphatic rings. The number of pyridine rings is 1. The Morgan fingerprint density at radius 3 is 2.77 bits per heavy atom. The standard InChI is InChI=1S/C19H17ClN2O4/c20-16-4-1-2-5-17(16)26-11-3-9-22-10-8-13-6-7-14(18(23)21-25)12-15(13)19(22)24/h1-2,4-8,10,12,25H,3,9,11H2,(H,21,23). The molecule has 1 heterocycles. The number of aryl methyl sites for hydroxylation is 1. The van der Waals surface area contributed by atoms with Crippen LogP contribution in [-0.4, -0.2) is 22.3 Å². The fourth-order valence-corrected chi connectivity index (χ4v) is 2.83. The number of hydrogen-bond acceptors (Lipinski definition) is 4. The van der Waals surface area contributed by atoms with E-state index in [4.69, 9.17) is 21.5 Å². The fourth-order valence-electron chi connectivity index (χ4n) is 2.64. The summed E-state index contributed by atoms with van der Waals surface area (Å²) in [6, 6.07) is 13.7. The predicted octanol–water partition coefficient (Wildman–Crippen LogP) is 3.24. The molecule has 6 nitrogen and oxygen atoms in total. The summed E-state index contributed by atoms with van der Waals surface area (Å²) in [5.74, 6) is -0.0467. The van der Waals surface area contributed by atoms with E-state index in [-0.39, 0.29) is 11.1 Å². The molecule has 0 saturated heterocycles. The van der Waals surface area contributed by atoms with Crippen LogP contribution in [0.2, 0.25) is 5.02 Å². The summed E-state index contributed by atoms with van der Waals surface area (Å²) in [4.78, 5) is 24.1. The van der Waals surface area contributed by atoms with Crippen molar-refractivity contribution in [1.82, 2.24) is 10.0 Å². The van der Waals surface area contributed by atoms with E-state index in [0.717, 1.165) is 5.39 Å². The first-order valence-corrected chi connectivity index (χ1v) is 8.43. The first kappa shape index (κ1) is 18.0. The average Bonchev–Trinajstić information content (AvgIpc) is 2.67. The highest BCUT2D eigenvalue weighted by atomic mass is 35.5. The van der Waals surface area contributed by atoms with Gasteiger partial charge in [0.1, 0.15) is 5.75 Å². The Bertz CT molecular complexity index is 1000. The minimum atomic E-state index is -0.658. The minimum absolute atomic E-state index is 0.201. The van der Waals surface area contributed by atoms with Crippen molar-refractivity contribution in [2.45, 2.75) is 13.0 Å². The van der Waals surface area contributed by atoms with Gasteiger partial charge in [0, 0.05) is 23.7 Å². The molecule has 7 heteroatoms. The summed E-state index contributed by atoms with van der Waals surface area (Å²) in [6.07, 6.45) is 2.33. The Morgan fingerprint density at radius 1 is 1.19 bits per heavy atom. The average molecular weight is 373 g/mol. The molecule has 1 amide bonds. The number of rotatable bonds is 6. The van der Waals surface area contributed by atoms with E-state index in [9.17, 15) is 9.59 Å². The van der Waals surface area contributed by atoms with Crippen LogP contribution in [0.4, 0.5) is 0 Å². The van der Waals surface area contributed by atoms with Crippen LogP contribution in [0.3, 0.4) is 0 Å². The minimum Gasteiger partial charge on any atom is -0.492 e. The van der Waals surface area contributed by atoms with Gasteiger partial charge in [-0.2, -0.15) is 0 Å². The number of carbonyl (C=O) groups excluding carboxylic acids is 1. The van der Waals surface area contributed by atoms with Gasteiger partial charge in [-0.05, 0) is 42.1 Å². The predicted molar refractivity (Wildman–Crippen MR) is 99.0 cm³/mol. The van der Waals surface area contributed by atoms with Gasteiger partial charge in [-0.15, -0.1) is 0 Å². The molecule has 2 N–H and O–H groups in total. The van der Waals surface area contributed by atoms with Crippen molar-refractivity contribution in [2.75, 3.05) is 6.61 Å². The van der Waals surface area contributed by atoms with Crippen molar-refractivity contribution in [3.05, 3.63) is 75.7 Å².